The largest absolute Gasteiger partial charge is 0.399 e. The van der Waals surface area contributed by atoms with Crippen LogP contribution in [-0.2, 0) is 6.42 Å². The van der Waals surface area contributed by atoms with Crippen LogP contribution in [-0.4, -0.2) is 5.78 Å². The Morgan fingerprint density at radius 2 is 1.70 bits per heavy atom. The molecule has 0 fully saturated rings. The number of hydrogen-bond donors (Lipinski definition) is 2. The molecule has 0 atom stereocenters. The fourth-order valence-electron chi connectivity index (χ4n) is 2.56. The second kappa shape index (κ2) is 4.53. The zero-order valence-corrected chi connectivity index (χ0v) is 11.3. The average molecular weight is 264 g/mol. The molecule has 0 aliphatic heterocycles. The van der Waals surface area contributed by atoms with Gasteiger partial charge >= 0.3 is 0 Å². The van der Waals surface area contributed by atoms with Gasteiger partial charge in [0.25, 0.3) is 0 Å². The van der Waals surface area contributed by atoms with Crippen molar-refractivity contribution >= 4 is 17.0 Å². The lowest BCUT2D eigenvalue weighted by Crippen LogP contribution is -2.21. The van der Waals surface area contributed by atoms with Crippen LogP contribution in [0.4, 0.5) is 5.69 Å². The van der Waals surface area contributed by atoms with E-state index in [2.05, 4.69) is 0 Å². The summed E-state index contributed by atoms with van der Waals surface area (Å²) >= 11 is 0. The van der Waals surface area contributed by atoms with Gasteiger partial charge in [-0.15, -0.1) is 0 Å². The number of allylic oxidation sites excluding steroid dienone is 2. The molecule has 2 aromatic rings. The van der Waals surface area contributed by atoms with E-state index in [-0.39, 0.29) is 5.78 Å². The quantitative estimate of drug-likeness (QED) is 0.778. The Hall–Kier alpha value is -2.55. The summed E-state index contributed by atoms with van der Waals surface area (Å²) in [6.45, 7) is 2.03. The third kappa shape index (κ3) is 1.97. The van der Waals surface area contributed by atoms with Gasteiger partial charge in [-0.05, 0) is 41.8 Å². The minimum atomic E-state index is -0.109. The fourth-order valence-corrected chi connectivity index (χ4v) is 2.56. The summed E-state index contributed by atoms with van der Waals surface area (Å²) in [6, 6.07) is 13.4. The molecule has 0 bridgehead atoms. The molecule has 2 aromatic carbocycles. The third-order valence-electron chi connectivity index (χ3n) is 3.71. The summed E-state index contributed by atoms with van der Waals surface area (Å²) in [7, 11) is 0. The molecule has 3 rings (SSSR count). The van der Waals surface area contributed by atoms with Gasteiger partial charge in [0.2, 0.25) is 5.78 Å². The van der Waals surface area contributed by atoms with Gasteiger partial charge in [-0.3, -0.25) is 4.79 Å². The minimum Gasteiger partial charge on any atom is -0.399 e. The topological polar surface area (TPSA) is 69.1 Å². The molecular formula is C17H16N2O. The number of aryl methyl sites for hydroxylation is 1. The van der Waals surface area contributed by atoms with Crippen LogP contribution in [0.5, 0.6) is 0 Å². The number of hydrogen-bond acceptors (Lipinski definition) is 3. The molecule has 1 aliphatic rings. The van der Waals surface area contributed by atoms with Crippen molar-refractivity contribution in [3.8, 4) is 0 Å². The Kier molecular flexibility index (Phi) is 2.83. The van der Waals surface area contributed by atoms with E-state index in [0.717, 1.165) is 16.7 Å². The first-order valence-corrected chi connectivity index (χ1v) is 6.55. The number of rotatable bonds is 1. The van der Waals surface area contributed by atoms with Crippen LogP contribution in [0.2, 0.25) is 0 Å². The van der Waals surface area contributed by atoms with Crippen LogP contribution in [0.3, 0.4) is 0 Å². The number of nitrogens with two attached hydrogens (primary N) is 2. The molecule has 0 spiro atoms. The number of ketones is 1. The zero-order valence-electron chi connectivity index (χ0n) is 11.3. The van der Waals surface area contributed by atoms with Crippen molar-refractivity contribution in [2.24, 2.45) is 5.73 Å². The Morgan fingerprint density at radius 3 is 2.40 bits per heavy atom. The van der Waals surface area contributed by atoms with Gasteiger partial charge in [0, 0.05) is 17.7 Å². The smallest absolute Gasteiger partial charge is 0.209 e. The fraction of sp³-hybridized carbons (Fsp3) is 0.118. The Bertz CT molecular complexity index is 727. The Balaban J connectivity index is 2.11. The number of fused-ring (bicyclic) bond motifs is 1. The second-order valence-corrected chi connectivity index (χ2v) is 5.18. The number of anilines is 1. The van der Waals surface area contributed by atoms with E-state index in [1.165, 1.54) is 5.56 Å². The predicted octanol–water partition coefficient (Wildman–Crippen LogP) is 2.69. The zero-order chi connectivity index (χ0) is 14.3. The van der Waals surface area contributed by atoms with Crippen LogP contribution in [0.1, 0.15) is 27.0 Å². The molecule has 0 aromatic heterocycles. The molecule has 3 nitrogen and oxygen atoms in total. The molecule has 0 amide bonds. The molecule has 4 N–H and O–H groups in total. The molecule has 0 radical (unpaired) electrons. The Morgan fingerprint density at radius 1 is 1.00 bits per heavy atom. The van der Waals surface area contributed by atoms with E-state index in [1.807, 2.05) is 37.3 Å². The first kappa shape index (κ1) is 12.5. The van der Waals surface area contributed by atoms with Crippen molar-refractivity contribution in [2.75, 3.05) is 5.73 Å². The van der Waals surface area contributed by atoms with Crippen LogP contribution in [0.25, 0.3) is 5.57 Å². The number of carbonyl (C=O) groups is 1. The van der Waals surface area contributed by atoms with Crippen molar-refractivity contribution in [3.63, 3.8) is 0 Å². The minimum absolute atomic E-state index is 0.109. The molecule has 20 heavy (non-hydrogen) atoms. The van der Waals surface area contributed by atoms with Crippen molar-refractivity contribution in [1.82, 2.24) is 0 Å². The summed E-state index contributed by atoms with van der Waals surface area (Å²) in [6.07, 6.45) is 0.640. The predicted molar refractivity (Wildman–Crippen MR) is 81.2 cm³/mol. The van der Waals surface area contributed by atoms with Crippen molar-refractivity contribution in [2.45, 2.75) is 13.3 Å². The molecule has 100 valence electrons. The highest BCUT2D eigenvalue weighted by atomic mass is 16.1. The van der Waals surface area contributed by atoms with E-state index in [1.54, 1.807) is 12.1 Å². The highest BCUT2D eigenvalue weighted by molar-refractivity contribution is 6.15. The van der Waals surface area contributed by atoms with E-state index < -0.39 is 0 Å². The number of benzene rings is 2. The summed E-state index contributed by atoms with van der Waals surface area (Å²) < 4.78 is 0. The molecule has 0 saturated heterocycles. The van der Waals surface area contributed by atoms with Gasteiger partial charge in [0.1, 0.15) is 0 Å². The van der Waals surface area contributed by atoms with Crippen LogP contribution < -0.4 is 11.5 Å². The highest BCUT2D eigenvalue weighted by Gasteiger charge is 2.24. The van der Waals surface area contributed by atoms with Gasteiger partial charge in [-0.25, -0.2) is 0 Å². The first-order chi connectivity index (χ1) is 9.56. The van der Waals surface area contributed by atoms with E-state index in [4.69, 9.17) is 11.5 Å². The maximum Gasteiger partial charge on any atom is 0.209 e. The second-order valence-electron chi connectivity index (χ2n) is 5.18. The number of carbonyl (C=O) groups excluding carboxylic acids is 1. The molecule has 0 unspecified atom stereocenters. The van der Waals surface area contributed by atoms with E-state index in [9.17, 15) is 4.79 Å². The SMILES string of the molecule is Cc1ccc(C2=C(N)C(=O)c3ccc(N)cc3C2)cc1. The van der Waals surface area contributed by atoms with Crippen LogP contribution in [0.15, 0.2) is 48.2 Å². The van der Waals surface area contributed by atoms with Crippen molar-refractivity contribution in [3.05, 3.63) is 70.4 Å². The van der Waals surface area contributed by atoms with E-state index >= 15 is 0 Å². The van der Waals surface area contributed by atoms with Gasteiger partial charge in [0.05, 0.1) is 5.70 Å². The lowest BCUT2D eigenvalue weighted by molar-refractivity contribution is 0.103. The monoisotopic (exact) mass is 264 g/mol. The van der Waals surface area contributed by atoms with Crippen LogP contribution >= 0.6 is 0 Å². The van der Waals surface area contributed by atoms with Crippen molar-refractivity contribution in [1.29, 1.82) is 0 Å². The number of nitrogen functional groups attached to an aromatic ring is 1. The molecule has 1 aliphatic carbocycles. The summed E-state index contributed by atoms with van der Waals surface area (Å²) in [5.74, 6) is -0.109. The summed E-state index contributed by atoms with van der Waals surface area (Å²) in [4.78, 5) is 12.4. The maximum atomic E-state index is 12.4. The molecular weight excluding hydrogens is 248 g/mol. The van der Waals surface area contributed by atoms with Crippen LogP contribution in [0, 0.1) is 6.92 Å². The maximum absolute atomic E-state index is 12.4. The average Bonchev–Trinajstić information content (AvgIpc) is 2.44. The normalized spacial score (nSPS) is 14.3. The molecule has 0 heterocycles. The van der Waals surface area contributed by atoms with E-state index in [0.29, 0.717) is 23.4 Å². The van der Waals surface area contributed by atoms with Gasteiger partial charge in [-0.2, -0.15) is 0 Å². The van der Waals surface area contributed by atoms with Gasteiger partial charge < -0.3 is 11.5 Å². The summed E-state index contributed by atoms with van der Waals surface area (Å²) in [5.41, 5.74) is 17.5. The van der Waals surface area contributed by atoms with Gasteiger partial charge in [-0.1, -0.05) is 29.8 Å². The van der Waals surface area contributed by atoms with Gasteiger partial charge in [0.15, 0.2) is 0 Å². The summed E-state index contributed by atoms with van der Waals surface area (Å²) in [5, 5.41) is 0. The lowest BCUT2D eigenvalue weighted by Gasteiger charge is -2.20. The number of Topliss-reactive ketones (excluding diaryl/α,β-unsaturated/α-hetero) is 1. The first-order valence-electron chi connectivity index (χ1n) is 6.55. The molecule has 3 heteroatoms. The lowest BCUT2D eigenvalue weighted by atomic mass is 9.85. The third-order valence-corrected chi connectivity index (χ3v) is 3.71. The Labute approximate surface area is 117 Å². The molecule has 0 saturated carbocycles. The highest BCUT2D eigenvalue weighted by Crippen LogP contribution is 2.31. The standard InChI is InChI=1S/C17H16N2O/c1-10-2-4-11(5-3-10)15-9-12-8-13(18)6-7-14(12)17(20)16(15)19/h2-8H,9,18-19H2,1H3. The van der Waals surface area contributed by atoms with Crippen molar-refractivity contribution < 1.29 is 4.79 Å².